The molecule has 2 aromatic heterocycles. The van der Waals surface area contributed by atoms with E-state index in [4.69, 9.17) is 4.74 Å². The molecule has 0 radical (unpaired) electrons. The van der Waals surface area contributed by atoms with E-state index in [0.29, 0.717) is 5.52 Å². The predicted molar refractivity (Wildman–Crippen MR) is 118 cm³/mol. The average molecular weight is 416 g/mol. The summed E-state index contributed by atoms with van der Waals surface area (Å²) in [7, 11) is 0. The number of rotatable bonds is 13. The van der Waals surface area contributed by atoms with Gasteiger partial charge in [-0.05, 0) is 56.1 Å². The topological polar surface area (TPSA) is 87.2 Å². The smallest absolute Gasteiger partial charge is 0.305 e. The van der Waals surface area contributed by atoms with Gasteiger partial charge in [0.25, 0.3) is 0 Å². The number of phenolic OH excluding ortho intramolecular Hbond substituents is 1. The van der Waals surface area contributed by atoms with E-state index in [-0.39, 0.29) is 10.6 Å². The fourth-order valence-electron chi connectivity index (χ4n) is 3.25. The standard InChI is InChI=1S/C22H29N3O3S/c26-19-9-8-17(21-20(19)25-22(27)29-21)10-14-23-12-4-1-2-6-15-28-16-11-18-7-3-5-13-24-18/h3,5,7-9,13,23,26H,1-2,4,6,10-12,14-16H2,(H,25,27). The molecule has 0 fully saturated rings. The minimum Gasteiger partial charge on any atom is -0.506 e. The van der Waals surface area contributed by atoms with Crippen molar-refractivity contribution in [3.63, 3.8) is 0 Å². The zero-order valence-corrected chi connectivity index (χ0v) is 17.5. The Hall–Kier alpha value is -2.22. The third-order valence-corrected chi connectivity index (χ3v) is 5.79. The number of benzene rings is 1. The Labute approximate surface area is 175 Å². The van der Waals surface area contributed by atoms with Gasteiger partial charge in [0.15, 0.2) is 0 Å². The molecule has 1 aromatic carbocycles. The number of phenols is 1. The van der Waals surface area contributed by atoms with Gasteiger partial charge in [0, 0.05) is 24.9 Å². The summed E-state index contributed by atoms with van der Waals surface area (Å²) in [6.07, 6.45) is 8.15. The number of unbranched alkanes of at least 4 members (excludes halogenated alkanes) is 3. The van der Waals surface area contributed by atoms with Crippen LogP contribution in [0.4, 0.5) is 0 Å². The van der Waals surface area contributed by atoms with Crippen LogP contribution in [0.5, 0.6) is 5.75 Å². The lowest BCUT2D eigenvalue weighted by Crippen LogP contribution is -2.18. The number of fused-ring (bicyclic) bond motifs is 1. The van der Waals surface area contributed by atoms with Crippen LogP contribution in [0.3, 0.4) is 0 Å². The van der Waals surface area contributed by atoms with Crippen molar-refractivity contribution >= 4 is 21.6 Å². The van der Waals surface area contributed by atoms with Gasteiger partial charge in [-0.25, -0.2) is 0 Å². The number of aromatic amines is 1. The summed E-state index contributed by atoms with van der Waals surface area (Å²) in [4.78, 5) is 18.4. The van der Waals surface area contributed by atoms with E-state index < -0.39 is 0 Å². The molecule has 2 heterocycles. The van der Waals surface area contributed by atoms with Gasteiger partial charge in [-0.3, -0.25) is 9.78 Å². The summed E-state index contributed by atoms with van der Waals surface area (Å²) in [5, 5.41) is 13.3. The van der Waals surface area contributed by atoms with Crippen molar-refractivity contribution in [2.24, 2.45) is 0 Å². The van der Waals surface area contributed by atoms with Crippen molar-refractivity contribution in [1.29, 1.82) is 0 Å². The quantitative estimate of drug-likeness (QED) is 0.371. The molecule has 0 aliphatic carbocycles. The maximum absolute atomic E-state index is 11.5. The van der Waals surface area contributed by atoms with Crippen molar-refractivity contribution < 1.29 is 9.84 Å². The molecule has 0 saturated heterocycles. The van der Waals surface area contributed by atoms with Crippen LogP contribution in [0.2, 0.25) is 0 Å². The van der Waals surface area contributed by atoms with Crippen molar-refractivity contribution in [3.05, 3.63) is 57.5 Å². The average Bonchev–Trinajstić information content (AvgIpc) is 3.13. The lowest BCUT2D eigenvalue weighted by molar-refractivity contribution is 0.132. The first-order chi connectivity index (χ1) is 14.2. The van der Waals surface area contributed by atoms with Gasteiger partial charge < -0.3 is 20.1 Å². The Bertz CT molecular complexity index is 924. The third kappa shape index (κ3) is 6.96. The molecule has 0 spiro atoms. The lowest BCUT2D eigenvalue weighted by atomic mass is 10.1. The number of aromatic hydroxyl groups is 1. The van der Waals surface area contributed by atoms with Crippen LogP contribution in [0, 0.1) is 0 Å². The molecule has 3 aromatic rings. The van der Waals surface area contributed by atoms with Gasteiger partial charge >= 0.3 is 4.87 Å². The number of nitrogens with zero attached hydrogens (tertiary/aromatic N) is 1. The monoisotopic (exact) mass is 415 g/mol. The van der Waals surface area contributed by atoms with Crippen LogP contribution in [-0.4, -0.2) is 41.4 Å². The van der Waals surface area contributed by atoms with E-state index in [1.54, 1.807) is 6.07 Å². The summed E-state index contributed by atoms with van der Waals surface area (Å²) in [5.41, 5.74) is 2.73. The first-order valence-corrected chi connectivity index (χ1v) is 11.1. The molecule has 0 atom stereocenters. The van der Waals surface area contributed by atoms with E-state index >= 15 is 0 Å². The van der Waals surface area contributed by atoms with Crippen LogP contribution in [0.1, 0.15) is 36.9 Å². The van der Waals surface area contributed by atoms with Gasteiger partial charge in [-0.1, -0.05) is 36.3 Å². The molecule has 29 heavy (non-hydrogen) atoms. The Morgan fingerprint density at radius 1 is 1.03 bits per heavy atom. The van der Waals surface area contributed by atoms with E-state index in [1.807, 2.05) is 30.5 Å². The van der Waals surface area contributed by atoms with Gasteiger partial charge in [0.1, 0.15) is 11.3 Å². The molecule has 156 valence electrons. The van der Waals surface area contributed by atoms with Crippen molar-refractivity contribution in [2.75, 3.05) is 26.3 Å². The van der Waals surface area contributed by atoms with E-state index in [0.717, 1.165) is 79.3 Å². The minimum absolute atomic E-state index is 0.128. The lowest BCUT2D eigenvalue weighted by Gasteiger charge is -2.07. The maximum atomic E-state index is 11.5. The van der Waals surface area contributed by atoms with Gasteiger partial charge in [-0.2, -0.15) is 0 Å². The molecule has 0 bridgehead atoms. The number of hydrogen-bond acceptors (Lipinski definition) is 6. The largest absolute Gasteiger partial charge is 0.506 e. The number of pyridine rings is 1. The SMILES string of the molecule is O=c1[nH]c2c(O)ccc(CCNCCCCCCOCCc3ccccn3)c2s1. The number of thiazole rings is 1. The highest BCUT2D eigenvalue weighted by Gasteiger charge is 2.09. The predicted octanol–water partition coefficient (Wildman–Crippen LogP) is 3.64. The second kappa shape index (κ2) is 11.7. The molecular weight excluding hydrogens is 386 g/mol. The van der Waals surface area contributed by atoms with Gasteiger partial charge in [0.2, 0.25) is 0 Å². The molecule has 0 aliphatic rings. The fourth-order valence-corrected chi connectivity index (χ4v) is 4.15. The summed E-state index contributed by atoms with van der Waals surface area (Å²) in [6, 6.07) is 9.51. The third-order valence-electron chi connectivity index (χ3n) is 4.83. The van der Waals surface area contributed by atoms with Crippen LogP contribution < -0.4 is 10.2 Å². The normalized spacial score (nSPS) is 11.3. The Kier molecular flexibility index (Phi) is 8.67. The highest BCUT2D eigenvalue weighted by atomic mass is 32.1. The summed E-state index contributed by atoms with van der Waals surface area (Å²) >= 11 is 1.16. The maximum Gasteiger partial charge on any atom is 0.305 e. The first kappa shape index (κ1) is 21.5. The second-order valence-electron chi connectivity index (χ2n) is 7.06. The molecule has 3 rings (SSSR count). The molecule has 3 N–H and O–H groups in total. The van der Waals surface area contributed by atoms with Crippen LogP contribution >= 0.6 is 11.3 Å². The van der Waals surface area contributed by atoms with Crippen molar-refractivity contribution in [3.8, 4) is 5.75 Å². The van der Waals surface area contributed by atoms with Crippen LogP contribution in [-0.2, 0) is 17.6 Å². The number of hydrogen-bond donors (Lipinski definition) is 3. The highest BCUT2D eigenvalue weighted by molar-refractivity contribution is 7.16. The van der Waals surface area contributed by atoms with E-state index in [1.165, 1.54) is 12.8 Å². The van der Waals surface area contributed by atoms with Gasteiger partial charge in [-0.15, -0.1) is 0 Å². The number of H-pyrrole nitrogens is 1. The summed E-state index contributed by atoms with van der Waals surface area (Å²) < 4.78 is 6.54. The molecule has 0 unspecified atom stereocenters. The zero-order valence-electron chi connectivity index (χ0n) is 16.7. The Morgan fingerprint density at radius 2 is 1.93 bits per heavy atom. The van der Waals surface area contributed by atoms with Crippen LogP contribution in [0.15, 0.2) is 41.3 Å². The highest BCUT2D eigenvalue weighted by Crippen LogP contribution is 2.27. The Balaban J connectivity index is 1.19. The summed E-state index contributed by atoms with van der Waals surface area (Å²) in [6.45, 7) is 3.41. The van der Waals surface area contributed by atoms with Crippen molar-refractivity contribution in [2.45, 2.75) is 38.5 Å². The summed E-state index contributed by atoms with van der Waals surface area (Å²) in [5.74, 6) is 0.135. The zero-order chi connectivity index (χ0) is 20.3. The molecule has 6 nitrogen and oxygen atoms in total. The number of aromatic nitrogens is 2. The first-order valence-electron chi connectivity index (χ1n) is 10.3. The molecule has 0 amide bonds. The molecule has 0 aliphatic heterocycles. The van der Waals surface area contributed by atoms with Crippen LogP contribution in [0.25, 0.3) is 10.2 Å². The second-order valence-corrected chi connectivity index (χ2v) is 8.04. The molecular formula is C22H29N3O3S. The van der Waals surface area contributed by atoms with E-state index in [9.17, 15) is 9.90 Å². The molecule has 0 saturated carbocycles. The van der Waals surface area contributed by atoms with E-state index in [2.05, 4.69) is 15.3 Å². The number of ether oxygens (including phenoxy) is 1. The fraction of sp³-hybridized carbons (Fsp3) is 0.455. The van der Waals surface area contributed by atoms with Crippen molar-refractivity contribution in [1.82, 2.24) is 15.3 Å². The molecule has 7 heteroatoms. The Morgan fingerprint density at radius 3 is 2.79 bits per heavy atom. The number of nitrogens with one attached hydrogen (secondary N) is 2. The minimum atomic E-state index is -0.128. The van der Waals surface area contributed by atoms with Gasteiger partial charge in [0.05, 0.1) is 11.3 Å².